The molecule has 0 aliphatic heterocycles. The van der Waals surface area contributed by atoms with E-state index in [0.29, 0.717) is 23.0 Å². The molecule has 3 rings (SSSR count). The van der Waals surface area contributed by atoms with Gasteiger partial charge in [0, 0.05) is 23.6 Å². The fraction of sp³-hybridized carbons (Fsp3) is 0.158. The second kappa shape index (κ2) is 8.39. The smallest absolute Gasteiger partial charge is 0.406 e. The van der Waals surface area contributed by atoms with Crippen LogP contribution in [0.25, 0.3) is 11.3 Å². The van der Waals surface area contributed by atoms with E-state index in [1.54, 1.807) is 30.9 Å². The molecule has 2 N–H and O–H groups in total. The van der Waals surface area contributed by atoms with Crippen molar-refractivity contribution in [1.82, 2.24) is 9.97 Å². The second-order valence-electron chi connectivity index (χ2n) is 5.61. The van der Waals surface area contributed by atoms with Crippen molar-refractivity contribution in [2.75, 3.05) is 23.9 Å². The number of thioether (sulfide) groups is 1. The van der Waals surface area contributed by atoms with E-state index in [2.05, 4.69) is 25.3 Å². The van der Waals surface area contributed by atoms with E-state index in [1.807, 2.05) is 30.5 Å². The molecule has 0 aliphatic rings. The summed E-state index contributed by atoms with van der Waals surface area (Å²) < 4.78 is 41.5. The summed E-state index contributed by atoms with van der Waals surface area (Å²) >= 11 is 1.59. The Kier molecular flexibility index (Phi) is 5.93. The van der Waals surface area contributed by atoms with Crippen LogP contribution in [0, 0.1) is 0 Å². The van der Waals surface area contributed by atoms with Gasteiger partial charge >= 0.3 is 6.36 Å². The zero-order chi connectivity index (χ0) is 20.1. The third-order valence-electron chi connectivity index (χ3n) is 3.68. The first-order chi connectivity index (χ1) is 13.4. The molecule has 0 unspecified atom stereocenters. The summed E-state index contributed by atoms with van der Waals surface area (Å²) in [6.07, 6.45) is -2.79. The van der Waals surface area contributed by atoms with Crippen molar-refractivity contribution in [3.8, 4) is 17.0 Å². The van der Waals surface area contributed by atoms with Gasteiger partial charge in [-0.2, -0.15) is 4.98 Å². The van der Waals surface area contributed by atoms with E-state index in [4.69, 9.17) is 0 Å². The normalized spacial score (nSPS) is 11.2. The van der Waals surface area contributed by atoms with Gasteiger partial charge in [-0.05, 0) is 30.5 Å². The molecule has 28 heavy (non-hydrogen) atoms. The highest BCUT2D eigenvalue weighted by Crippen LogP contribution is 2.31. The number of benzene rings is 2. The van der Waals surface area contributed by atoms with Crippen molar-refractivity contribution in [2.24, 2.45) is 0 Å². The van der Waals surface area contributed by atoms with Crippen molar-refractivity contribution in [3.63, 3.8) is 0 Å². The fourth-order valence-electron chi connectivity index (χ4n) is 2.51. The van der Waals surface area contributed by atoms with Crippen molar-refractivity contribution in [2.45, 2.75) is 11.3 Å². The molecule has 0 radical (unpaired) electrons. The van der Waals surface area contributed by atoms with Gasteiger partial charge in [0.15, 0.2) is 0 Å². The van der Waals surface area contributed by atoms with Crippen LogP contribution in [0.2, 0.25) is 0 Å². The molecule has 0 atom stereocenters. The van der Waals surface area contributed by atoms with Crippen LogP contribution < -0.4 is 15.4 Å². The number of hydrogen-bond donors (Lipinski definition) is 2. The number of anilines is 3. The van der Waals surface area contributed by atoms with Gasteiger partial charge in [-0.25, -0.2) is 4.98 Å². The first-order valence-electron chi connectivity index (χ1n) is 8.21. The molecule has 0 bridgehead atoms. The van der Waals surface area contributed by atoms with Gasteiger partial charge in [-0.1, -0.05) is 24.3 Å². The highest BCUT2D eigenvalue weighted by molar-refractivity contribution is 7.98. The maximum absolute atomic E-state index is 12.5. The Morgan fingerprint density at radius 3 is 2.50 bits per heavy atom. The third kappa shape index (κ3) is 5.07. The fourth-order valence-corrected chi connectivity index (χ4v) is 3.06. The highest BCUT2D eigenvalue weighted by atomic mass is 32.2. The summed E-state index contributed by atoms with van der Waals surface area (Å²) in [7, 11) is 1.67. The second-order valence-corrected chi connectivity index (χ2v) is 6.46. The van der Waals surface area contributed by atoms with Gasteiger partial charge in [0.05, 0.1) is 11.4 Å². The Morgan fingerprint density at radius 1 is 1.00 bits per heavy atom. The summed E-state index contributed by atoms with van der Waals surface area (Å²) in [5.74, 6) is 0.540. The van der Waals surface area contributed by atoms with Gasteiger partial charge in [0.25, 0.3) is 0 Å². The predicted molar refractivity (Wildman–Crippen MR) is 105 cm³/mol. The molecule has 1 heterocycles. The van der Waals surface area contributed by atoms with Crippen molar-refractivity contribution in [1.29, 1.82) is 0 Å². The monoisotopic (exact) mass is 406 g/mol. The lowest BCUT2D eigenvalue weighted by atomic mass is 10.1. The molecule has 0 aliphatic carbocycles. The summed E-state index contributed by atoms with van der Waals surface area (Å²) in [6, 6.07) is 15.1. The molecule has 0 saturated carbocycles. The highest BCUT2D eigenvalue weighted by Gasteiger charge is 2.31. The Morgan fingerprint density at radius 2 is 1.79 bits per heavy atom. The molecule has 0 spiro atoms. The summed E-state index contributed by atoms with van der Waals surface area (Å²) in [6.45, 7) is 0. The van der Waals surface area contributed by atoms with Crippen LogP contribution in [0.3, 0.4) is 0 Å². The number of nitrogens with one attached hydrogen (secondary N) is 2. The SMILES string of the molecule is CNc1nc(Nc2ccccc2SC)cc(-c2cccc(OC(F)(F)F)c2)n1. The predicted octanol–water partition coefficient (Wildman–Crippen LogP) is 5.55. The molecule has 3 aromatic rings. The van der Waals surface area contributed by atoms with Crippen LogP contribution >= 0.6 is 11.8 Å². The number of halogens is 3. The summed E-state index contributed by atoms with van der Waals surface area (Å²) in [5, 5.41) is 6.10. The summed E-state index contributed by atoms with van der Waals surface area (Å²) in [4.78, 5) is 9.75. The lowest BCUT2D eigenvalue weighted by Crippen LogP contribution is -2.17. The van der Waals surface area contributed by atoms with E-state index in [0.717, 1.165) is 10.6 Å². The number of hydrogen-bond acceptors (Lipinski definition) is 6. The van der Waals surface area contributed by atoms with Crippen LogP contribution in [0.5, 0.6) is 5.75 Å². The van der Waals surface area contributed by atoms with E-state index in [9.17, 15) is 13.2 Å². The molecule has 146 valence electrons. The van der Waals surface area contributed by atoms with Crippen molar-refractivity contribution in [3.05, 3.63) is 54.6 Å². The maximum Gasteiger partial charge on any atom is 0.573 e. The Hall–Kier alpha value is -2.94. The Balaban J connectivity index is 1.97. The number of alkyl halides is 3. The number of ether oxygens (including phenoxy) is 1. The van der Waals surface area contributed by atoms with Gasteiger partial charge in [-0.15, -0.1) is 24.9 Å². The van der Waals surface area contributed by atoms with Gasteiger partial charge < -0.3 is 15.4 Å². The van der Waals surface area contributed by atoms with Crippen LogP contribution in [-0.2, 0) is 0 Å². The Bertz CT molecular complexity index is 966. The van der Waals surface area contributed by atoms with E-state index >= 15 is 0 Å². The van der Waals surface area contributed by atoms with Gasteiger partial charge in [0.2, 0.25) is 5.95 Å². The van der Waals surface area contributed by atoms with Gasteiger partial charge in [-0.3, -0.25) is 0 Å². The summed E-state index contributed by atoms with van der Waals surface area (Å²) in [5.41, 5.74) is 1.80. The zero-order valence-electron chi connectivity index (χ0n) is 15.0. The zero-order valence-corrected chi connectivity index (χ0v) is 15.9. The van der Waals surface area contributed by atoms with Crippen LogP contribution in [0.1, 0.15) is 0 Å². The lowest BCUT2D eigenvalue weighted by Gasteiger charge is -2.13. The van der Waals surface area contributed by atoms with E-state index in [-0.39, 0.29) is 5.75 Å². The minimum absolute atomic E-state index is 0.308. The number of nitrogens with zero attached hydrogens (tertiary/aromatic N) is 2. The maximum atomic E-state index is 12.5. The quantitative estimate of drug-likeness (QED) is 0.524. The van der Waals surface area contributed by atoms with Gasteiger partial charge in [0.1, 0.15) is 11.6 Å². The van der Waals surface area contributed by atoms with E-state index in [1.165, 1.54) is 18.2 Å². The first kappa shape index (κ1) is 19.8. The minimum Gasteiger partial charge on any atom is -0.406 e. The van der Waals surface area contributed by atoms with Crippen LogP contribution in [-0.4, -0.2) is 29.6 Å². The average Bonchev–Trinajstić information content (AvgIpc) is 2.67. The molecule has 0 saturated heterocycles. The minimum atomic E-state index is -4.76. The molecule has 9 heteroatoms. The van der Waals surface area contributed by atoms with Crippen molar-refractivity contribution < 1.29 is 17.9 Å². The first-order valence-corrected chi connectivity index (χ1v) is 9.43. The number of rotatable bonds is 6. The van der Waals surface area contributed by atoms with Crippen LogP contribution in [0.15, 0.2) is 59.5 Å². The number of aromatic nitrogens is 2. The molecule has 0 amide bonds. The molecule has 5 nitrogen and oxygen atoms in total. The van der Waals surface area contributed by atoms with Crippen molar-refractivity contribution >= 4 is 29.2 Å². The molecule has 0 fully saturated rings. The molecular weight excluding hydrogens is 389 g/mol. The average molecular weight is 406 g/mol. The third-order valence-corrected chi connectivity index (χ3v) is 4.48. The number of para-hydroxylation sites is 1. The lowest BCUT2D eigenvalue weighted by molar-refractivity contribution is -0.274. The molecular formula is C19H17F3N4OS. The topological polar surface area (TPSA) is 59.1 Å². The van der Waals surface area contributed by atoms with E-state index < -0.39 is 6.36 Å². The molecule has 2 aromatic carbocycles. The molecule has 1 aromatic heterocycles. The Labute approximate surface area is 164 Å². The standard InChI is InChI=1S/C19H17F3N4OS/c1-23-18-25-15(12-6-5-7-13(10-12)27-19(20,21)22)11-17(26-18)24-14-8-3-4-9-16(14)28-2/h3-11H,1-2H3,(H2,23,24,25,26). The van der Waals surface area contributed by atoms with Crippen LogP contribution in [0.4, 0.5) is 30.6 Å². The largest absolute Gasteiger partial charge is 0.573 e.